The van der Waals surface area contributed by atoms with Crippen LogP contribution in [0.25, 0.3) is 0 Å². The molecule has 6 nitrogen and oxygen atoms in total. The van der Waals surface area contributed by atoms with Gasteiger partial charge < -0.3 is 23.9 Å². The molecule has 6 heteroatoms. The quantitative estimate of drug-likeness (QED) is 0.857. The fourth-order valence-electron chi connectivity index (χ4n) is 7.16. The molecule has 1 aromatic rings. The minimum atomic E-state index is -1.05. The monoisotopic (exact) mass is 389 g/mol. The summed E-state index contributed by atoms with van der Waals surface area (Å²) in [5, 5.41) is 11.9. The number of hydrogen-bond acceptors (Lipinski definition) is 6. The van der Waals surface area contributed by atoms with E-state index in [1.807, 2.05) is 25.1 Å². The Morgan fingerprint density at radius 1 is 1.36 bits per heavy atom. The average Bonchev–Trinajstić information content (AvgIpc) is 3.27. The van der Waals surface area contributed by atoms with Crippen molar-refractivity contribution in [1.82, 2.24) is 4.90 Å². The van der Waals surface area contributed by atoms with Gasteiger partial charge in [0.25, 0.3) is 0 Å². The van der Waals surface area contributed by atoms with Gasteiger partial charge in [-0.05, 0) is 51.3 Å². The lowest BCUT2D eigenvalue weighted by molar-refractivity contribution is -0.316. The van der Waals surface area contributed by atoms with Gasteiger partial charge in [-0.25, -0.2) is 0 Å². The zero-order valence-electron chi connectivity index (χ0n) is 17.0. The number of furan rings is 1. The van der Waals surface area contributed by atoms with Crippen molar-refractivity contribution < 1.29 is 23.8 Å². The number of Topliss-reactive ketones (excluding diaryl/α,β-unsaturated/α-hetero) is 1. The molecule has 0 amide bonds. The van der Waals surface area contributed by atoms with Gasteiger partial charge in [-0.1, -0.05) is 13.3 Å². The van der Waals surface area contributed by atoms with E-state index in [9.17, 15) is 9.90 Å². The topological polar surface area (TPSA) is 72.1 Å². The highest BCUT2D eigenvalue weighted by Crippen LogP contribution is 2.70. The molecule has 7 atom stereocenters. The third-order valence-corrected chi connectivity index (χ3v) is 8.28. The molecule has 4 aliphatic rings. The standard InChI is InChI=1S/C22H31NO5/c1-14-9-18(24)22-13-27-19-21(14,10-16(28-19)15-6-8-26-11-15)17(22)5-4-7-20(22,25)12-23(2)3/h6,8,11,14,16-17,19,25H,4-5,7,9-10,12-13H2,1-3H3/t14-,16+,17-,19+,20+,21+,22+/m1/s1. The first kappa shape index (κ1) is 18.8. The largest absolute Gasteiger partial charge is 0.472 e. The second-order valence-corrected chi connectivity index (χ2v) is 9.85. The SMILES string of the molecule is C[C@@H]1CC(=O)[C@]23CO[C@H]4O[C@H](c5ccoc5)C[C@]41[C@H]2CCC[C@]3(O)CN(C)C. The summed E-state index contributed by atoms with van der Waals surface area (Å²) in [6.07, 6.45) is 6.85. The number of hydrogen-bond donors (Lipinski definition) is 1. The molecule has 154 valence electrons. The van der Waals surface area contributed by atoms with Crippen molar-refractivity contribution in [2.45, 2.75) is 57.0 Å². The summed E-state index contributed by atoms with van der Waals surface area (Å²) < 4.78 is 18.0. The maximum absolute atomic E-state index is 13.5. The molecular weight excluding hydrogens is 358 g/mol. The Bertz CT molecular complexity index is 763. The average molecular weight is 389 g/mol. The van der Waals surface area contributed by atoms with Crippen LogP contribution in [0.4, 0.5) is 0 Å². The molecule has 0 aromatic carbocycles. The van der Waals surface area contributed by atoms with E-state index in [1.54, 1.807) is 12.5 Å². The van der Waals surface area contributed by atoms with Crippen molar-refractivity contribution >= 4 is 5.78 Å². The number of aliphatic hydroxyl groups is 1. The van der Waals surface area contributed by atoms with Crippen molar-refractivity contribution in [3.05, 3.63) is 24.2 Å². The van der Waals surface area contributed by atoms with Crippen molar-refractivity contribution in [2.24, 2.45) is 22.7 Å². The van der Waals surface area contributed by atoms with E-state index in [0.29, 0.717) is 19.4 Å². The molecule has 0 radical (unpaired) electrons. The van der Waals surface area contributed by atoms with Crippen LogP contribution in [0, 0.1) is 22.7 Å². The number of carbonyl (C=O) groups is 1. The summed E-state index contributed by atoms with van der Waals surface area (Å²) in [7, 11) is 3.92. The van der Waals surface area contributed by atoms with Gasteiger partial charge in [-0.2, -0.15) is 0 Å². The van der Waals surface area contributed by atoms with Crippen LogP contribution in [0.15, 0.2) is 23.0 Å². The number of likely N-dealkylation sites (N-methyl/N-ethyl adjacent to an activating group) is 1. The molecule has 1 N–H and O–H groups in total. The van der Waals surface area contributed by atoms with Gasteiger partial charge in [0.2, 0.25) is 0 Å². The first-order valence-electron chi connectivity index (χ1n) is 10.5. The second-order valence-electron chi connectivity index (χ2n) is 9.85. The van der Waals surface area contributed by atoms with E-state index in [-0.39, 0.29) is 42.0 Å². The number of nitrogens with zero attached hydrogens (tertiary/aromatic N) is 1. The minimum absolute atomic E-state index is 0.0842. The molecule has 5 rings (SSSR count). The summed E-state index contributed by atoms with van der Waals surface area (Å²) in [6.45, 7) is 2.92. The molecule has 2 bridgehead atoms. The zero-order valence-corrected chi connectivity index (χ0v) is 17.0. The van der Waals surface area contributed by atoms with Gasteiger partial charge in [0.1, 0.15) is 5.78 Å². The normalized spacial score (nSPS) is 47.8. The van der Waals surface area contributed by atoms with E-state index in [1.165, 1.54) is 0 Å². The lowest BCUT2D eigenvalue weighted by Gasteiger charge is -2.66. The fourth-order valence-corrected chi connectivity index (χ4v) is 7.16. The Morgan fingerprint density at radius 3 is 2.89 bits per heavy atom. The van der Waals surface area contributed by atoms with Gasteiger partial charge in [-0.3, -0.25) is 4.79 Å². The smallest absolute Gasteiger partial charge is 0.164 e. The Kier molecular flexibility index (Phi) is 4.12. The van der Waals surface area contributed by atoms with Crippen molar-refractivity contribution in [3.8, 4) is 0 Å². The zero-order chi connectivity index (χ0) is 19.7. The maximum atomic E-state index is 13.5. The summed E-state index contributed by atoms with van der Waals surface area (Å²) in [6, 6.07) is 1.95. The van der Waals surface area contributed by atoms with E-state index in [0.717, 1.165) is 24.8 Å². The number of ketones is 1. The molecule has 28 heavy (non-hydrogen) atoms. The molecule has 4 fully saturated rings. The number of ether oxygens (including phenoxy) is 2. The molecular formula is C22H31NO5. The molecule has 3 heterocycles. The maximum Gasteiger partial charge on any atom is 0.164 e. The van der Waals surface area contributed by atoms with Crippen LogP contribution in [0.5, 0.6) is 0 Å². The molecule has 1 spiro atoms. The van der Waals surface area contributed by atoms with Crippen LogP contribution in [0.1, 0.15) is 50.7 Å². The molecule has 2 aliphatic heterocycles. The molecule has 1 aromatic heterocycles. The fraction of sp³-hybridized carbons (Fsp3) is 0.773. The summed E-state index contributed by atoms with van der Waals surface area (Å²) in [5.74, 6) is 0.442. The van der Waals surface area contributed by atoms with Crippen molar-refractivity contribution in [3.63, 3.8) is 0 Å². The Balaban J connectivity index is 1.61. The third-order valence-electron chi connectivity index (χ3n) is 8.28. The van der Waals surface area contributed by atoms with Crippen LogP contribution >= 0.6 is 0 Å². The van der Waals surface area contributed by atoms with Gasteiger partial charge in [0, 0.05) is 23.9 Å². The van der Waals surface area contributed by atoms with Gasteiger partial charge in [-0.15, -0.1) is 0 Å². The van der Waals surface area contributed by atoms with Crippen LogP contribution in [0.3, 0.4) is 0 Å². The Hall–Kier alpha value is -1.21. The van der Waals surface area contributed by atoms with E-state index in [4.69, 9.17) is 13.9 Å². The first-order valence-corrected chi connectivity index (χ1v) is 10.5. The Labute approximate surface area is 166 Å². The highest BCUT2D eigenvalue weighted by molar-refractivity contribution is 5.88. The first-order chi connectivity index (χ1) is 13.3. The van der Waals surface area contributed by atoms with Crippen molar-refractivity contribution in [2.75, 3.05) is 27.2 Å². The number of rotatable bonds is 3. The molecule has 2 aliphatic carbocycles. The summed E-state index contributed by atoms with van der Waals surface area (Å²) in [5.41, 5.74) is -1.09. The molecule has 0 unspecified atom stereocenters. The summed E-state index contributed by atoms with van der Waals surface area (Å²) >= 11 is 0. The van der Waals surface area contributed by atoms with E-state index >= 15 is 0 Å². The van der Waals surface area contributed by atoms with Gasteiger partial charge >= 0.3 is 0 Å². The van der Waals surface area contributed by atoms with Crippen molar-refractivity contribution in [1.29, 1.82) is 0 Å². The van der Waals surface area contributed by atoms with Crippen LogP contribution in [0.2, 0.25) is 0 Å². The minimum Gasteiger partial charge on any atom is -0.472 e. The highest BCUT2D eigenvalue weighted by atomic mass is 16.7. The number of carbonyl (C=O) groups excluding carboxylic acids is 1. The Morgan fingerprint density at radius 2 is 2.18 bits per heavy atom. The van der Waals surface area contributed by atoms with Crippen LogP contribution < -0.4 is 0 Å². The molecule has 2 saturated carbocycles. The lowest BCUT2D eigenvalue weighted by Crippen LogP contribution is -2.75. The second kappa shape index (κ2) is 6.14. The van der Waals surface area contributed by atoms with E-state index < -0.39 is 11.0 Å². The predicted octanol–water partition coefficient (Wildman–Crippen LogP) is 2.77. The van der Waals surface area contributed by atoms with Crippen LogP contribution in [-0.4, -0.2) is 54.9 Å². The van der Waals surface area contributed by atoms with Crippen LogP contribution in [-0.2, 0) is 14.3 Å². The molecule has 2 saturated heterocycles. The van der Waals surface area contributed by atoms with Gasteiger partial charge in [0.15, 0.2) is 6.29 Å². The lowest BCUT2D eigenvalue weighted by atomic mass is 9.41. The van der Waals surface area contributed by atoms with Gasteiger partial charge in [0.05, 0.1) is 36.3 Å². The third kappa shape index (κ3) is 2.20. The predicted molar refractivity (Wildman–Crippen MR) is 101 cm³/mol. The van der Waals surface area contributed by atoms with E-state index in [2.05, 4.69) is 6.92 Å². The summed E-state index contributed by atoms with van der Waals surface area (Å²) in [4.78, 5) is 15.6. The highest BCUT2D eigenvalue weighted by Gasteiger charge is 2.75.